The van der Waals surface area contributed by atoms with Crippen LogP contribution < -0.4 is 14.8 Å². The Kier molecular flexibility index (Phi) is 7.62. The Morgan fingerprint density at radius 2 is 1.60 bits per heavy atom. The van der Waals surface area contributed by atoms with Crippen LogP contribution in [0.15, 0.2) is 48.5 Å². The molecule has 0 spiro atoms. The number of nitrogens with one attached hydrogen (secondary N) is 1. The zero-order valence-corrected chi connectivity index (χ0v) is 17.0. The third-order valence-corrected chi connectivity index (χ3v) is 4.97. The SMILES string of the molecule is COc1ccc(OCC(=O)N2CCN(CCNC(=O)c3ccc(F)cc3)CC2)cc1. The number of methoxy groups -OCH3 is 1. The van der Waals surface area contributed by atoms with Crippen LogP contribution in [0.1, 0.15) is 10.4 Å². The summed E-state index contributed by atoms with van der Waals surface area (Å²) < 4.78 is 23.6. The number of carbonyl (C=O) groups excluding carboxylic acids is 2. The first-order chi connectivity index (χ1) is 14.5. The topological polar surface area (TPSA) is 71.1 Å². The summed E-state index contributed by atoms with van der Waals surface area (Å²) >= 11 is 0. The quantitative estimate of drug-likeness (QED) is 0.712. The molecule has 2 aromatic carbocycles. The van der Waals surface area contributed by atoms with Crippen molar-refractivity contribution in [3.8, 4) is 11.5 Å². The minimum Gasteiger partial charge on any atom is -0.497 e. The second kappa shape index (κ2) is 10.6. The van der Waals surface area contributed by atoms with Gasteiger partial charge in [-0.1, -0.05) is 0 Å². The number of piperazine rings is 1. The molecule has 0 aliphatic carbocycles. The number of benzene rings is 2. The molecule has 3 rings (SSSR count). The molecule has 1 saturated heterocycles. The summed E-state index contributed by atoms with van der Waals surface area (Å²) in [6, 6.07) is 12.6. The van der Waals surface area contributed by atoms with Crippen molar-refractivity contribution in [3.05, 3.63) is 59.9 Å². The van der Waals surface area contributed by atoms with E-state index >= 15 is 0 Å². The van der Waals surface area contributed by atoms with E-state index in [9.17, 15) is 14.0 Å². The van der Waals surface area contributed by atoms with Gasteiger partial charge in [-0.2, -0.15) is 0 Å². The maximum absolute atomic E-state index is 12.9. The van der Waals surface area contributed by atoms with Crippen LogP contribution in [0.3, 0.4) is 0 Å². The fourth-order valence-corrected chi connectivity index (χ4v) is 3.16. The van der Waals surface area contributed by atoms with Gasteiger partial charge in [0.1, 0.15) is 17.3 Å². The molecule has 2 aromatic rings. The summed E-state index contributed by atoms with van der Waals surface area (Å²) in [6.45, 7) is 3.90. The van der Waals surface area contributed by atoms with E-state index in [1.807, 2.05) is 0 Å². The van der Waals surface area contributed by atoms with E-state index in [-0.39, 0.29) is 24.2 Å². The Labute approximate surface area is 175 Å². The highest BCUT2D eigenvalue weighted by atomic mass is 19.1. The number of carbonyl (C=O) groups is 2. The Morgan fingerprint density at radius 1 is 0.967 bits per heavy atom. The maximum Gasteiger partial charge on any atom is 0.260 e. The fraction of sp³-hybridized carbons (Fsp3) is 0.364. The molecule has 1 fully saturated rings. The van der Waals surface area contributed by atoms with Gasteiger partial charge in [0.05, 0.1) is 7.11 Å². The summed E-state index contributed by atoms with van der Waals surface area (Å²) in [6.07, 6.45) is 0. The molecular formula is C22H26FN3O4. The highest BCUT2D eigenvalue weighted by Gasteiger charge is 2.21. The number of nitrogens with zero attached hydrogens (tertiary/aromatic N) is 2. The molecule has 1 heterocycles. The third-order valence-electron chi connectivity index (χ3n) is 4.97. The van der Waals surface area contributed by atoms with Crippen LogP contribution in [-0.2, 0) is 4.79 Å². The minimum atomic E-state index is -0.367. The predicted molar refractivity (Wildman–Crippen MR) is 110 cm³/mol. The first kappa shape index (κ1) is 21.6. The summed E-state index contributed by atoms with van der Waals surface area (Å²) in [5.74, 6) is 0.723. The monoisotopic (exact) mass is 415 g/mol. The number of hydrogen-bond acceptors (Lipinski definition) is 5. The van der Waals surface area contributed by atoms with E-state index in [0.29, 0.717) is 37.5 Å². The van der Waals surface area contributed by atoms with E-state index in [4.69, 9.17) is 9.47 Å². The van der Waals surface area contributed by atoms with E-state index in [0.717, 1.165) is 18.8 Å². The van der Waals surface area contributed by atoms with Gasteiger partial charge in [0.15, 0.2) is 6.61 Å². The first-order valence-corrected chi connectivity index (χ1v) is 9.86. The van der Waals surface area contributed by atoms with Crippen LogP contribution in [0.4, 0.5) is 4.39 Å². The highest BCUT2D eigenvalue weighted by Crippen LogP contribution is 2.17. The van der Waals surface area contributed by atoms with E-state index in [1.165, 1.54) is 24.3 Å². The Morgan fingerprint density at radius 3 is 2.23 bits per heavy atom. The molecule has 160 valence electrons. The van der Waals surface area contributed by atoms with Crippen LogP contribution in [-0.4, -0.2) is 74.6 Å². The Balaban J connectivity index is 1.33. The van der Waals surface area contributed by atoms with Gasteiger partial charge >= 0.3 is 0 Å². The number of rotatable bonds is 8. The predicted octanol–water partition coefficient (Wildman–Crippen LogP) is 1.79. The van der Waals surface area contributed by atoms with Gasteiger partial charge in [-0.25, -0.2) is 4.39 Å². The number of hydrogen-bond donors (Lipinski definition) is 1. The maximum atomic E-state index is 12.9. The van der Waals surface area contributed by atoms with E-state index < -0.39 is 0 Å². The van der Waals surface area contributed by atoms with Gasteiger partial charge in [-0.05, 0) is 48.5 Å². The summed E-state index contributed by atoms with van der Waals surface area (Å²) in [4.78, 5) is 28.4. The van der Waals surface area contributed by atoms with Gasteiger partial charge < -0.3 is 19.7 Å². The smallest absolute Gasteiger partial charge is 0.260 e. The van der Waals surface area contributed by atoms with Crippen LogP contribution in [0, 0.1) is 5.82 Å². The molecule has 0 saturated carbocycles. The molecule has 1 N–H and O–H groups in total. The molecule has 8 heteroatoms. The van der Waals surface area contributed by atoms with E-state index in [1.54, 1.807) is 36.3 Å². The molecule has 0 atom stereocenters. The summed E-state index contributed by atoms with van der Waals surface area (Å²) in [5.41, 5.74) is 0.434. The standard InChI is InChI=1S/C22H26FN3O4/c1-29-19-6-8-20(9-7-19)30-16-21(27)26-14-12-25(13-15-26)11-10-24-22(28)17-2-4-18(23)5-3-17/h2-9H,10-16H2,1H3,(H,24,28). The highest BCUT2D eigenvalue weighted by molar-refractivity contribution is 5.94. The van der Waals surface area contributed by atoms with Crippen LogP contribution >= 0.6 is 0 Å². The van der Waals surface area contributed by atoms with Crippen molar-refractivity contribution in [1.82, 2.24) is 15.1 Å². The van der Waals surface area contributed by atoms with Gasteiger partial charge in [-0.15, -0.1) is 0 Å². The lowest BCUT2D eigenvalue weighted by Gasteiger charge is -2.34. The average Bonchev–Trinajstić information content (AvgIpc) is 2.78. The zero-order chi connectivity index (χ0) is 21.3. The van der Waals surface area contributed by atoms with Gasteiger partial charge in [0.2, 0.25) is 0 Å². The molecular weight excluding hydrogens is 389 g/mol. The largest absolute Gasteiger partial charge is 0.497 e. The van der Waals surface area contributed by atoms with Gasteiger partial charge in [0.25, 0.3) is 11.8 Å². The molecule has 30 heavy (non-hydrogen) atoms. The van der Waals surface area contributed by atoms with Gasteiger partial charge in [0, 0.05) is 44.8 Å². The van der Waals surface area contributed by atoms with Crippen molar-refractivity contribution in [2.24, 2.45) is 0 Å². The van der Waals surface area contributed by atoms with Crippen molar-refractivity contribution >= 4 is 11.8 Å². The molecule has 0 aromatic heterocycles. The van der Waals surface area contributed by atoms with Crippen LogP contribution in [0.2, 0.25) is 0 Å². The second-order valence-corrected chi connectivity index (χ2v) is 6.95. The second-order valence-electron chi connectivity index (χ2n) is 6.95. The number of ether oxygens (including phenoxy) is 2. The van der Waals surface area contributed by atoms with Crippen LogP contribution in [0.25, 0.3) is 0 Å². The average molecular weight is 415 g/mol. The van der Waals surface area contributed by atoms with Crippen molar-refractivity contribution in [2.45, 2.75) is 0 Å². The lowest BCUT2D eigenvalue weighted by atomic mass is 10.2. The van der Waals surface area contributed by atoms with Crippen molar-refractivity contribution in [1.29, 1.82) is 0 Å². The Hall–Kier alpha value is -3.13. The fourth-order valence-electron chi connectivity index (χ4n) is 3.16. The summed E-state index contributed by atoms with van der Waals surface area (Å²) in [7, 11) is 1.60. The van der Waals surface area contributed by atoms with Crippen LogP contribution in [0.5, 0.6) is 11.5 Å². The minimum absolute atomic E-state index is 0.0000557. The van der Waals surface area contributed by atoms with Crippen molar-refractivity contribution < 1.29 is 23.5 Å². The molecule has 0 radical (unpaired) electrons. The van der Waals surface area contributed by atoms with Crippen molar-refractivity contribution in [3.63, 3.8) is 0 Å². The number of amides is 2. The first-order valence-electron chi connectivity index (χ1n) is 9.86. The van der Waals surface area contributed by atoms with Gasteiger partial charge in [-0.3, -0.25) is 14.5 Å². The molecule has 0 unspecified atom stereocenters. The van der Waals surface area contributed by atoms with Crippen molar-refractivity contribution in [2.75, 3.05) is 53.0 Å². The lowest BCUT2D eigenvalue weighted by molar-refractivity contribution is -0.135. The molecule has 1 aliphatic heterocycles. The summed E-state index contributed by atoms with van der Waals surface area (Å²) in [5, 5.41) is 2.83. The molecule has 2 amide bonds. The molecule has 7 nitrogen and oxygen atoms in total. The zero-order valence-electron chi connectivity index (χ0n) is 17.0. The normalized spacial score (nSPS) is 14.3. The lowest BCUT2D eigenvalue weighted by Crippen LogP contribution is -2.51. The Bertz CT molecular complexity index is 834. The molecule has 1 aliphatic rings. The number of halogens is 1. The molecule has 0 bridgehead atoms. The third kappa shape index (κ3) is 6.18. The van der Waals surface area contributed by atoms with E-state index in [2.05, 4.69) is 10.2 Å².